The van der Waals surface area contributed by atoms with Crippen molar-refractivity contribution in [2.24, 2.45) is 16.6 Å². The van der Waals surface area contributed by atoms with E-state index in [0.29, 0.717) is 50.2 Å². The van der Waals surface area contributed by atoms with Crippen LogP contribution in [-0.2, 0) is 20.8 Å². The van der Waals surface area contributed by atoms with Crippen molar-refractivity contribution >= 4 is 40.9 Å². The summed E-state index contributed by atoms with van der Waals surface area (Å²) >= 11 is 0. The smallest absolute Gasteiger partial charge is 0.273 e. The molecule has 176 valence electrons. The Morgan fingerprint density at radius 1 is 1.00 bits per heavy atom. The van der Waals surface area contributed by atoms with Crippen LogP contribution in [0.5, 0.6) is 5.75 Å². The Kier molecular flexibility index (Phi) is 6.15. The van der Waals surface area contributed by atoms with Crippen molar-refractivity contribution in [3.8, 4) is 5.75 Å². The van der Waals surface area contributed by atoms with E-state index in [0.717, 1.165) is 42.0 Å². The van der Waals surface area contributed by atoms with Crippen LogP contribution >= 0.6 is 0 Å². The first-order valence-corrected chi connectivity index (χ1v) is 11.8. The van der Waals surface area contributed by atoms with Gasteiger partial charge in [0.25, 0.3) is 5.91 Å². The van der Waals surface area contributed by atoms with Gasteiger partial charge in [0.1, 0.15) is 17.7 Å². The summed E-state index contributed by atoms with van der Waals surface area (Å²) in [5.74, 6) is 0.268. The van der Waals surface area contributed by atoms with E-state index >= 15 is 0 Å². The Labute approximate surface area is 198 Å². The normalized spacial score (nSPS) is 22.5. The maximum atomic E-state index is 13.6. The first-order chi connectivity index (χ1) is 16.5. The van der Waals surface area contributed by atoms with Crippen LogP contribution < -0.4 is 20.3 Å². The molecule has 2 fully saturated rings. The lowest BCUT2D eigenvalue weighted by molar-refractivity contribution is -0.119. The number of hydrogen-bond acceptors (Lipinski definition) is 6. The molecule has 2 unspecified atom stereocenters. The van der Waals surface area contributed by atoms with E-state index in [1.165, 1.54) is 0 Å². The fourth-order valence-electron chi connectivity index (χ4n) is 4.92. The fraction of sp³-hybridized carbons (Fsp3) is 0.385. The molecule has 3 aliphatic heterocycles. The Bertz CT molecular complexity index is 1140. The lowest BCUT2D eigenvalue weighted by Gasteiger charge is -2.34. The molecule has 8 nitrogen and oxygen atoms in total. The molecule has 0 radical (unpaired) electrons. The van der Waals surface area contributed by atoms with E-state index in [9.17, 15) is 14.4 Å². The number of aliphatic imine (C=N–C) groups is 1. The molecule has 2 aromatic rings. The van der Waals surface area contributed by atoms with Gasteiger partial charge in [-0.1, -0.05) is 0 Å². The van der Waals surface area contributed by atoms with Crippen molar-refractivity contribution in [2.45, 2.75) is 38.1 Å². The van der Waals surface area contributed by atoms with Crippen molar-refractivity contribution in [1.82, 2.24) is 0 Å². The van der Waals surface area contributed by atoms with Crippen LogP contribution in [0, 0.1) is 5.92 Å². The number of piperidine rings is 2. The van der Waals surface area contributed by atoms with Crippen LogP contribution in [0.25, 0.3) is 0 Å². The number of rotatable bonds is 5. The zero-order valence-corrected chi connectivity index (χ0v) is 19.0. The monoisotopic (exact) mass is 460 g/mol. The van der Waals surface area contributed by atoms with E-state index < -0.39 is 12.0 Å². The van der Waals surface area contributed by atoms with Gasteiger partial charge in [-0.3, -0.25) is 9.59 Å². The maximum absolute atomic E-state index is 13.6. The standard InChI is InChI=1S/C26H28N4O4/c27-22(16-31)21-10-13-30(20-7-5-19(6-8-20)29-12-2-1-3-24(29)32)26(33)25(21)28-18-4-9-23-17(15-18)11-14-34-23/h4-9,15-16,21-22H,1-3,10-14,27H2. The lowest BCUT2D eigenvalue weighted by Crippen LogP contribution is -2.52. The molecule has 8 heteroatoms. The van der Waals surface area contributed by atoms with Gasteiger partial charge < -0.3 is 25.1 Å². The molecule has 2 amide bonds. The highest BCUT2D eigenvalue weighted by molar-refractivity contribution is 6.45. The minimum atomic E-state index is -0.796. The third kappa shape index (κ3) is 4.21. The van der Waals surface area contributed by atoms with E-state index in [-0.39, 0.29) is 11.8 Å². The molecule has 3 heterocycles. The van der Waals surface area contributed by atoms with Gasteiger partial charge >= 0.3 is 0 Å². The predicted octanol–water partition coefficient (Wildman–Crippen LogP) is 2.79. The molecule has 34 heavy (non-hydrogen) atoms. The zero-order valence-electron chi connectivity index (χ0n) is 19.0. The van der Waals surface area contributed by atoms with E-state index in [4.69, 9.17) is 10.5 Å². The molecule has 0 aromatic heterocycles. The third-order valence-electron chi connectivity index (χ3n) is 6.82. The number of nitrogens with zero attached hydrogens (tertiary/aromatic N) is 3. The third-order valence-corrected chi connectivity index (χ3v) is 6.82. The zero-order chi connectivity index (χ0) is 23.7. The van der Waals surface area contributed by atoms with Gasteiger partial charge in [-0.05, 0) is 67.3 Å². The summed E-state index contributed by atoms with van der Waals surface area (Å²) in [5, 5.41) is 0. The van der Waals surface area contributed by atoms with Gasteiger partial charge in [0.15, 0.2) is 0 Å². The first kappa shape index (κ1) is 22.3. The van der Waals surface area contributed by atoms with Crippen LogP contribution in [0.15, 0.2) is 47.5 Å². The molecule has 2 atom stereocenters. The molecule has 0 spiro atoms. The van der Waals surface area contributed by atoms with Crippen LogP contribution in [0.2, 0.25) is 0 Å². The van der Waals surface area contributed by atoms with Crippen LogP contribution in [0.1, 0.15) is 31.2 Å². The van der Waals surface area contributed by atoms with Crippen LogP contribution in [0.4, 0.5) is 17.1 Å². The number of amides is 2. The summed E-state index contributed by atoms with van der Waals surface area (Å²) in [6.07, 6.45) is 4.51. The van der Waals surface area contributed by atoms with Gasteiger partial charge in [0.2, 0.25) is 5.91 Å². The van der Waals surface area contributed by atoms with Crippen molar-refractivity contribution in [1.29, 1.82) is 0 Å². The Morgan fingerprint density at radius 3 is 2.50 bits per heavy atom. The quantitative estimate of drug-likeness (QED) is 0.691. The second-order valence-corrected chi connectivity index (χ2v) is 8.97. The highest BCUT2D eigenvalue weighted by Gasteiger charge is 2.37. The van der Waals surface area contributed by atoms with Gasteiger partial charge in [0, 0.05) is 43.2 Å². The molecule has 2 aromatic carbocycles. The summed E-state index contributed by atoms with van der Waals surface area (Å²) in [6.45, 7) is 1.79. The summed E-state index contributed by atoms with van der Waals surface area (Å²) in [6, 6.07) is 12.3. The van der Waals surface area contributed by atoms with Crippen molar-refractivity contribution < 1.29 is 19.1 Å². The van der Waals surface area contributed by atoms with Gasteiger partial charge in [-0.25, -0.2) is 4.99 Å². The Morgan fingerprint density at radius 2 is 1.76 bits per heavy atom. The second-order valence-electron chi connectivity index (χ2n) is 8.97. The lowest BCUT2D eigenvalue weighted by atomic mass is 9.87. The summed E-state index contributed by atoms with van der Waals surface area (Å²) in [7, 11) is 0. The average molecular weight is 461 g/mol. The molecular formula is C26H28N4O4. The highest BCUT2D eigenvalue weighted by Crippen LogP contribution is 2.32. The minimum Gasteiger partial charge on any atom is -0.493 e. The van der Waals surface area contributed by atoms with Crippen LogP contribution in [-0.4, -0.2) is 49.6 Å². The number of aldehydes is 1. The number of carbonyl (C=O) groups excluding carboxylic acids is 3. The molecule has 0 aliphatic carbocycles. The highest BCUT2D eigenvalue weighted by atomic mass is 16.5. The number of hydrogen-bond donors (Lipinski definition) is 1. The second kappa shape index (κ2) is 9.38. The van der Waals surface area contributed by atoms with E-state index in [2.05, 4.69) is 4.99 Å². The number of nitrogens with two attached hydrogens (primary N) is 1. The molecule has 5 rings (SSSR count). The minimum absolute atomic E-state index is 0.132. The molecule has 0 bridgehead atoms. The SMILES string of the molecule is NC(C=O)C1CCN(c2ccc(N3CCCCC3=O)cc2)C(=O)C1=Nc1ccc2c(c1)CCO2. The Balaban J connectivity index is 1.43. The predicted molar refractivity (Wildman–Crippen MR) is 130 cm³/mol. The summed E-state index contributed by atoms with van der Waals surface area (Å²) in [5.41, 5.74) is 9.63. The average Bonchev–Trinajstić information content (AvgIpc) is 3.33. The number of carbonyl (C=O) groups is 3. The van der Waals surface area contributed by atoms with Gasteiger partial charge in [-0.2, -0.15) is 0 Å². The summed E-state index contributed by atoms with van der Waals surface area (Å²) < 4.78 is 5.56. The molecule has 0 saturated carbocycles. The number of anilines is 2. The first-order valence-electron chi connectivity index (χ1n) is 11.8. The number of ether oxygens (including phenoxy) is 1. The van der Waals surface area contributed by atoms with Crippen molar-refractivity contribution in [3.05, 3.63) is 48.0 Å². The summed E-state index contributed by atoms with van der Waals surface area (Å²) in [4.78, 5) is 45.4. The van der Waals surface area contributed by atoms with Crippen molar-refractivity contribution in [2.75, 3.05) is 29.5 Å². The fourth-order valence-corrected chi connectivity index (χ4v) is 4.92. The van der Waals surface area contributed by atoms with E-state index in [1.54, 1.807) is 9.80 Å². The molecule has 2 N–H and O–H groups in total. The van der Waals surface area contributed by atoms with Gasteiger partial charge in [0.05, 0.1) is 18.3 Å². The van der Waals surface area contributed by atoms with E-state index in [1.807, 2.05) is 42.5 Å². The molecule has 2 saturated heterocycles. The molecular weight excluding hydrogens is 432 g/mol. The van der Waals surface area contributed by atoms with Crippen molar-refractivity contribution in [3.63, 3.8) is 0 Å². The Hall–Kier alpha value is -3.52. The maximum Gasteiger partial charge on any atom is 0.273 e. The van der Waals surface area contributed by atoms with Crippen LogP contribution in [0.3, 0.4) is 0 Å². The largest absolute Gasteiger partial charge is 0.493 e. The number of benzene rings is 2. The number of fused-ring (bicyclic) bond motifs is 1. The van der Waals surface area contributed by atoms with Gasteiger partial charge in [-0.15, -0.1) is 0 Å². The molecule has 3 aliphatic rings. The topological polar surface area (TPSA) is 105 Å².